The van der Waals surface area contributed by atoms with Crippen LogP contribution in [-0.4, -0.2) is 24.0 Å². The van der Waals surface area contributed by atoms with E-state index in [2.05, 4.69) is 22.5 Å². The fraction of sp³-hybridized carbons (Fsp3) is 0.600. The van der Waals surface area contributed by atoms with Gasteiger partial charge in [-0.15, -0.1) is 11.3 Å². The van der Waals surface area contributed by atoms with E-state index in [1.807, 2.05) is 12.3 Å². The van der Waals surface area contributed by atoms with Crippen molar-refractivity contribution in [3.05, 3.63) is 16.1 Å². The minimum atomic E-state index is -0.179. The zero-order valence-corrected chi connectivity index (χ0v) is 10.1. The molecular weight excluding hydrogens is 210 g/mol. The molecule has 0 spiro atoms. The number of aryl methyl sites for hydroxylation is 1. The largest absolute Gasteiger partial charge is 0.358 e. The Bertz CT molecular complexity index is 324. The van der Waals surface area contributed by atoms with E-state index in [0.717, 1.165) is 17.1 Å². The summed E-state index contributed by atoms with van der Waals surface area (Å²) >= 11 is 1.66. The van der Waals surface area contributed by atoms with Gasteiger partial charge in [0.25, 0.3) is 0 Å². The lowest BCUT2D eigenvalue weighted by atomic mass is 10.3. The summed E-state index contributed by atoms with van der Waals surface area (Å²) in [6, 6.07) is -0.179. The summed E-state index contributed by atoms with van der Waals surface area (Å²) in [5, 5.41) is 8.89. The summed E-state index contributed by atoms with van der Waals surface area (Å²) in [7, 11) is 1.64. The molecule has 1 aromatic rings. The number of aromatic nitrogens is 1. The van der Waals surface area contributed by atoms with Crippen LogP contribution in [0.2, 0.25) is 0 Å². The van der Waals surface area contributed by atoms with Crippen molar-refractivity contribution in [2.45, 2.75) is 32.9 Å². The van der Waals surface area contributed by atoms with Crippen LogP contribution in [0.3, 0.4) is 0 Å². The molecule has 4 nitrogen and oxygen atoms in total. The van der Waals surface area contributed by atoms with Crippen molar-refractivity contribution in [1.82, 2.24) is 15.6 Å². The van der Waals surface area contributed by atoms with Crippen molar-refractivity contribution in [2.24, 2.45) is 0 Å². The standard InChI is InChI=1S/C10H17N3OS/c1-4-9-13-8(6-15-9)5-12-7(2)10(14)11-3/h6-7,12H,4-5H2,1-3H3,(H,11,14). The SMILES string of the molecule is CCc1nc(CNC(C)C(=O)NC)cs1. The Morgan fingerprint density at radius 3 is 2.93 bits per heavy atom. The van der Waals surface area contributed by atoms with Gasteiger partial charge in [0.2, 0.25) is 5.91 Å². The van der Waals surface area contributed by atoms with Gasteiger partial charge in [0, 0.05) is 19.0 Å². The molecule has 0 aromatic carbocycles. The fourth-order valence-corrected chi connectivity index (χ4v) is 1.90. The van der Waals surface area contributed by atoms with Crippen LogP contribution >= 0.6 is 11.3 Å². The summed E-state index contributed by atoms with van der Waals surface area (Å²) in [4.78, 5) is 15.6. The molecule has 0 bridgehead atoms. The predicted octanol–water partition coefficient (Wildman–Crippen LogP) is 0.930. The normalized spacial score (nSPS) is 12.5. The zero-order valence-electron chi connectivity index (χ0n) is 9.33. The Balaban J connectivity index is 2.39. The molecule has 0 aliphatic heterocycles. The van der Waals surface area contributed by atoms with Gasteiger partial charge < -0.3 is 10.6 Å². The zero-order chi connectivity index (χ0) is 11.3. The number of thiazole rings is 1. The monoisotopic (exact) mass is 227 g/mol. The van der Waals surface area contributed by atoms with E-state index >= 15 is 0 Å². The van der Waals surface area contributed by atoms with Gasteiger partial charge in [0.05, 0.1) is 16.7 Å². The predicted molar refractivity (Wildman–Crippen MR) is 61.9 cm³/mol. The van der Waals surface area contributed by atoms with Gasteiger partial charge in [-0.05, 0) is 13.3 Å². The Hall–Kier alpha value is -0.940. The van der Waals surface area contributed by atoms with Gasteiger partial charge in [0.15, 0.2) is 0 Å². The summed E-state index contributed by atoms with van der Waals surface area (Å²) in [5.74, 6) is 0.000875. The lowest BCUT2D eigenvalue weighted by Crippen LogP contribution is -2.40. The van der Waals surface area contributed by atoms with Crippen LogP contribution in [0.25, 0.3) is 0 Å². The average Bonchev–Trinajstić information content (AvgIpc) is 2.72. The quantitative estimate of drug-likeness (QED) is 0.787. The maximum absolute atomic E-state index is 11.2. The van der Waals surface area contributed by atoms with E-state index in [1.54, 1.807) is 18.4 Å². The van der Waals surface area contributed by atoms with Gasteiger partial charge in [0.1, 0.15) is 0 Å². The number of nitrogens with zero attached hydrogens (tertiary/aromatic N) is 1. The van der Waals surface area contributed by atoms with Gasteiger partial charge in [-0.1, -0.05) is 6.92 Å². The van der Waals surface area contributed by atoms with E-state index in [9.17, 15) is 4.79 Å². The van der Waals surface area contributed by atoms with Crippen molar-refractivity contribution in [3.8, 4) is 0 Å². The topological polar surface area (TPSA) is 54.0 Å². The first-order valence-electron chi connectivity index (χ1n) is 5.05. The summed E-state index contributed by atoms with van der Waals surface area (Å²) in [6.07, 6.45) is 0.968. The fourth-order valence-electron chi connectivity index (χ4n) is 1.16. The molecule has 0 saturated heterocycles. The summed E-state index contributed by atoms with van der Waals surface area (Å²) in [6.45, 7) is 4.57. The van der Waals surface area contributed by atoms with Crippen molar-refractivity contribution >= 4 is 17.2 Å². The highest BCUT2D eigenvalue weighted by molar-refractivity contribution is 7.09. The highest BCUT2D eigenvalue weighted by atomic mass is 32.1. The molecule has 5 heteroatoms. The van der Waals surface area contributed by atoms with Crippen molar-refractivity contribution < 1.29 is 4.79 Å². The van der Waals surface area contributed by atoms with Crippen molar-refractivity contribution in [1.29, 1.82) is 0 Å². The Labute approximate surface area is 94.1 Å². The second kappa shape index (κ2) is 5.82. The minimum absolute atomic E-state index is 0.000875. The number of carbonyl (C=O) groups is 1. The molecule has 0 fully saturated rings. The lowest BCUT2D eigenvalue weighted by molar-refractivity contribution is -0.122. The summed E-state index contributed by atoms with van der Waals surface area (Å²) < 4.78 is 0. The molecule has 2 N–H and O–H groups in total. The third-order valence-corrected chi connectivity index (χ3v) is 3.17. The first kappa shape index (κ1) is 12.1. The van der Waals surface area contributed by atoms with Gasteiger partial charge in [-0.3, -0.25) is 4.79 Å². The maximum atomic E-state index is 11.2. The first-order valence-corrected chi connectivity index (χ1v) is 5.93. The molecule has 84 valence electrons. The number of rotatable bonds is 5. The average molecular weight is 227 g/mol. The molecule has 15 heavy (non-hydrogen) atoms. The first-order chi connectivity index (χ1) is 7.17. The van der Waals surface area contributed by atoms with Crippen LogP contribution in [0.15, 0.2) is 5.38 Å². The Morgan fingerprint density at radius 1 is 1.67 bits per heavy atom. The van der Waals surface area contributed by atoms with E-state index < -0.39 is 0 Å². The molecule has 1 heterocycles. The number of amides is 1. The molecule has 1 amide bonds. The van der Waals surface area contributed by atoms with E-state index in [0.29, 0.717) is 6.54 Å². The smallest absolute Gasteiger partial charge is 0.236 e. The number of hydrogen-bond donors (Lipinski definition) is 2. The molecule has 1 aromatic heterocycles. The molecule has 0 aliphatic rings. The van der Waals surface area contributed by atoms with Gasteiger partial charge in [-0.25, -0.2) is 4.98 Å². The number of carbonyl (C=O) groups excluding carboxylic acids is 1. The molecule has 0 saturated carbocycles. The van der Waals surface area contributed by atoms with Crippen LogP contribution in [0.4, 0.5) is 0 Å². The van der Waals surface area contributed by atoms with Gasteiger partial charge in [-0.2, -0.15) is 0 Å². The highest BCUT2D eigenvalue weighted by Gasteiger charge is 2.10. The molecule has 1 rings (SSSR count). The van der Waals surface area contributed by atoms with Crippen LogP contribution in [-0.2, 0) is 17.8 Å². The van der Waals surface area contributed by atoms with Crippen LogP contribution in [0.1, 0.15) is 24.5 Å². The molecule has 1 unspecified atom stereocenters. The molecular formula is C10H17N3OS. The number of hydrogen-bond acceptors (Lipinski definition) is 4. The molecule has 0 aliphatic carbocycles. The van der Waals surface area contributed by atoms with Gasteiger partial charge >= 0.3 is 0 Å². The maximum Gasteiger partial charge on any atom is 0.236 e. The van der Waals surface area contributed by atoms with Crippen molar-refractivity contribution in [2.75, 3.05) is 7.05 Å². The highest BCUT2D eigenvalue weighted by Crippen LogP contribution is 2.09. The number of likely N-dealkylation sites (N-methyl/N-ethyl adjacent to an activating group) is 1. The Morgan fingerprint density at radius 2 is 2.40 bits per heavy atom. The van der Waals surface area contributed by atoms with E-state index in [-0.39, 0.29) is 11.9 Å². The van der Waals surface area contributed by atoms with E-state index in [1.165, 1.54) is 0 Å². The third-order valence-electron chi connectivity index (χ3n) is 2.13. The second-order valence-corrected chi connectivity index (χ2v) is 4.25. The summed E-state index contributed by atoms with van der Waals surface area (Å²) in [5.41, 5.74) is 1.01. The van der Waals surface area contributed by atoms with E-state index in [4.69, 9.17) is 0 Å². The van der Waals surface area contributed by atoms with Crippen molar-refractivity contribution in [3.63, 3.8) is 0 Å². The second-order valence-electron chi connectivity index (χ2n) is 3.30. The molecule has 1 atom stereocenters. The van der Waals surface area contributed by atoms with Crippen LogP contribution in [0.5, 0.6) is 0 Å². The third kappa shape index (κ3) is 3.60. The van der Waals surface area contributed by atoms with Crippen LogP contribution < -0.4 is 10.6 Å². The number of nitrogens with one attached hydrogen (secondary N) is 2. The lowest BCUT2D eigenvalue weighted by Gasteiger charge is -2.10. The molecule has 0 radical (unpaired) electrons. The van der Waals surface area contributed by atoms with Crippen LogP contribution in [0, 0.1) is 0 Å². The minimum Gasteiger partial charge on any atom is -0.358 e. The Kier molecular flexibility index (Phi) is 4.71.